The van der Waals surface area contributed by atoms with Gasteiger partial charge >= 0.3 is 0 Å². The molecule has 0 saturated carbocycles. The zero-order valence-corrected chi connectivity index (χ0v) is 11.8. The van der Waals surface area contributed by atoms with Gasteiger partial charge in [0.05, 0.1) is 18.4 Å². The van der Waals surface area contributed by atoms with Crippen molar-refractivity contribution in [3.8, 4) is 0 Å². The second-order valence-corrected chi connectivity index (χ2v) is 5.08. The fraction of sp³-hybridized carbons (Fsp3) is 0.308. The van der Waals surface area contributed by atoms with E-state index in [0.29, 0.717) is 11.7 Å². The van der Waals surface area contributed by atoms with Gasteiger partial charge in [0.1, 0.15) is 6.04 Å². The van der Waals surface area contributed by atoms with Gasteiger partial charge in [-0.05, 0) is 19.1 Å². The lowest BCUT2D eigenvalue weighted by molar-refractivity contribution is -0.120. The smallest absolute Gasteiger partial charge is 0.245 e. The van der Waals surface area contributed by atoms with E-state index in [-0.39, 0.29) is 5.91 Å². The molecular formula is C13H16N4O2S. The highest BCUT2D eigenvalue weighted by Gasteiger charge is 2.22. The van der Waals surface area contributed by atoms with Crippen molar-refractivity contribution in [3.63, 3.8) is 0 Å². The first-order valence-corrected chi connectivity index (χ1v) is 7.02. The zero-order chi connectivity index (χ0) is 14.4. The largest absolute Gasteiger partial charge is 0.370 e. The molecule has 2 aromatic rings. The van der Waals surface area contributed by atoms with E-state index in [2.05, 4.69) is 15.3 Å². The quantitative estimate of drug-likeness (QED) is 0.840. The molecule has 0 aliphatic heterocycles. The van der Waals surface area contributed by atoms with Crippen molar-refractivity contribution in [1.29, 1.82) is 0 Å². The highest BCUT2D eigenvalue weighted by molar-refractivity contribution is 7.13. The molecule has 2 rings (SSSR count). The summed E-state index contributed by atoms with van der Waals surface area (Å²) in [5.74, 6) is -0.312. The standard InChI is InChI=1S/C13H16N4O2S/c1-9(19-8-10-4-2-3-5-15-10)11(14)12(18)17-13-16-6-7-20-13/h2-7,9,11H,8,14H2,1H3,(H,16,17,18)/t9-,11+/m1/s1. The SMILES string of the molecule is C[C@@H](OCc1ccccn1)[C@H](N)C(=O)Nc1nccs1. The number of thiazole rings is 1. The van der Waals surface area contributed by atoms with Crippen LogP contribution in [0.5, 0.6) is 0 Å². The fourth-order valence-electron chi connectivity index (χ4n) is 1.49. The Hall–Kier alpha value is -1.83. The number of aromatic nitrogens is 2. The second-order valence-electron chi connectivity index (χ2n) is 4.19. The van der Waals surface area contributed by atoms with E-state index in [9.17, 15) is 4.79 Å². The maximum atomic E-state index is 11.9. The third-order valence-electron chi connectivity index (χ3n) is 2.69. The molecule has 1 amide bonds. The van der Waals surface area contributed by atoms with Crippen LogP contribution >= 0.6 is 11.3 Å². The molecule has 0 spiro atoms. The Bertz CT molecular complexity index is 533. The number of carbonyl (C=O) groups is 1. The van der Waals surface area contributed by atoms with E-state index < -0.39 is 12.1 Å². The molecule has 0 aliphatic rings. The van der Waals surface area contributed by atoms with Gasteiger partial charge in [0.25, 0.3) is 0 Å². The summed E-state index contributed by atoms with van der Waals surface area (Å²) >= 11 is 1.34. The first-order valence-electron chi connectivity index (χ1n) is 6.14. The Morgan fingerprint density at radius 1 is 1.45 bits per heavy atom. The van der Waals surface area contributed by atoms with Crippen LogP contribution in [0.1, 0.15) is 12.6 Å². The van der Waals surface area contributed by atoms with Crippen LogP contribution < -0.4 is 11.1 Å². The molecule has 7 heteroatoms. The Morgan fingerprint density at radius 2 is 2.30 bits per heavy atom. The molecule has 2 aromatic heterocycles. The van der Waals surface area contributed by atoms with E-state index in [1.807, 2.05) is 18.2 Å². The van der Waals surface area contributed by atoms with Gasteiger partial charge in [0, 0.05) is 17.8 Å². The van der Waals surface area contributed by atoms with E-state index in [1.165, 1.54) is 11.3 Å². The maximum Gasteiger partial charge on any atom is 0.245 e. The number of hydrogen-bond donors (Lipinski definition) is 2. The summed E-state index contributed by atoms with van der Waals surface area (Å²) in [6.45, 7) is 2.08. The number of ether oxygens (including phenoxy) is 1. The number of amides is 1. The third-order valence-corrected chi connectivity index (χ3v) is 3.38. The molecule has 2 atom stereocenters. The lowest BCUT2D eigenvalue weighted by Gasteiger charge is -2.19. The van der Waals surface area contributed by atoms with E-state index >= 15 is 0 Å². The predicted molar refractivity (Wildman–Crippen MR) is 77.2 cm³/mol. The van der Waals surface area contributed by atoms with Crippen molar-refractivity contribution in [3.05, 3.63) is 41.7 Å². The molecule has 0 aromatic carbocycles. The molecule has 0 fully saturated rings. The molecule has 3 N–H and O–H groups in total. The number of nitrogens with one attached hydrogen (secondary N) is 1. The number of nitrogens with zero attached hydrogens (tertiary/aromatic N) is 2. The Labute approximate surface area is 121 Å². The first-order chi connectivity index (χ1) is 9.66. The summed E-state index contributed by atoms with van der Waals surface area (Å²) in [5.41, 5.74) is 6.66. The van der Waals surface area contributed by atoms with Crippen LogP contribution in [0.3, 0.4) is 0 Å². The second kappa shape index (κ2) is 7.09. The van der Waals surface area contributed by atoms with Gasteiger partial charge in [-0.1, -0.05) is 6.07 Å². The van der Waals surface area contributed by atoms with Gasteiger partial charge in [-0.25, -0.2) is 4.98 Å². The first kappa shape index (κ1) is 14.6. The molecule has 0 bridgehead atoms. The Morgan fingerprint density at radius 3 is 2.95 bits per heavy atom. The number of rotatable bonds is 6. The molecular weight excluding hydrogens is 276 g/mol. The third kappa shape index (κ3) is 4.09. The molecule has 0 unspecified atom stereocenters. The van der Waals surface area contributed by atoms with Crippen LogP contribution in [0.4, 0.5) is 5.13 Å². The lowest BCUT2D eigenvalue weighted by Crippen LogP contribution is -2.45. The van der Waals surface area contributed by atoms with Crippen molar-refractivity contribution in [1.82, 2.24) is 9.97 Å². The highest BCUT2D eigenvalue weighted by atomic mass is 32.1. The summed E-state index contributed by atoms with van der Waals surface area (Å²) in [6, 6.07) is 4.81. The van der Waals surface area contributed by atoms with Crippen LogP contribution in [-0.2, 0) is 16.1 Å². The van der Waals surface area contributed by atoms with Crippen LogP contribution in [-0.4, -0.2) is 28.0 Å². The summed E-state index contributed by atoms with van der Waals surface area (Å²) in [5, 5.41) is 4.96. The maximum absolute atomic E-state index is 11.9. The number of anilines is 1. The van der Waals surface area contributed by atoms with Gasteiger partial charge < -0.3 is 15.8 Å². The highest BCUT2D eigenvalue weighted by Crippen LogP contribution is 2.11. The van der Waals surface area contributed by atoms with Crippen LogP contribution in [0.25, 0.3) is 0 Å². The van der Waals surface area contributed by atoms with Crippen molar-refractivity contribution in [2.45, 2.75) is 25.7 Å². The molecule has 106 valence electrons. The Balaban J connectivity index is 1.82. The normalized spacial score (nSPS) is 13.7. The summed E-state index contributed by atoms with van der Waals surface area (Å²) in [6.07, 6.45) is 2.89. The molecule has 20 heavy (non-hydrogen) atoms. The minimum absolute atomic E-state index is 0.312. The average Bonchev–Trinajstić information content (AvgIpc) is 2.98. The van der Waals surface area contributed by atoms with Crippen LogP contribution in [0.2, 0.25) is 0 Å². The van der Waals surface area contributed by atoms with Gasteiger partial charge in [-0.15, -0.1) is 11.3 Å². The van der Waals surface area contributed by atoms with Gasteiger partial charge in [-0.2, -0.15) is 0 Å². The number of pyridine rings is 1. The van der Waals surface area contributed by atoms with E-state index in [4.69, 9.17) is 10.5 Å². The van der Waals surface area contributed by atoms with Crippen molar-refractivity contribution < 1.29 is 9.53 Å². The number of carbonyl (C=O) groups excluding carboxylic acids is 1. The summed E-state index contributed by atoms with van der Waals surface area (Å²) in [4.78, 5) is 20.0. The van der Waals surface area contributed by atoms with Crippen molar-refractivity contribution >= 4 is 22.4 Å². The van der Waals surface area contributed by atoms with Crippen LogP contribution in [0, 0.1) is 0 Å². The van der Waals surface area contributed by atoms with Crippen LogP contribution in [0.15, 0.2) is 36.0 Å². The Kier molecular flexibility index (Phi) is 5.16. The molecule has 0 aliphatic carbocycles. The summed E-state index contributed by atoms with van der Waals surface area (Å²) in [7, 11) is 0. The summed E-state index contributed by atoms with van der Waals surface area (Å²) < 4.78 is 5.56. The molecule has 0 saturated heterocycles. The molecule has 0 radical (unpaired) electrons. The van der Waals surface area contributed by atoms with Crippen molar-refractivity contribution in [2.75, 3.05) is 5.32 Å². The predicted octanol–water partition coefficient (Wildman–Crippen LogP) is 1.41. The fourth-order valence-corrected chi connectivity index (χ4v) is 2.02. The zero-order valence-electron chi connectivity index (χ0n) is 11.0. The number of hydrogen-bond acceptors (Lipinski definition) is 6. The topological polar surface area (TPSA) is 90.1 Å². The molecule has 6 nitrogen and oxygen atoms in total. The van der Waals surface area contributed by atoms with Gasteiger partial charge in [0.2, 0.25) is 5.91 Å². The van der Waals surface area contributed by atoms with Gasteiger partial charge in [0.15, 0.2) is 5.13 Å². The monoisotopic (exact) mass is 292 g/mol. The van der Waals surface area contributed by atoms with E-state index in [0.717, 1.165) is 5.69 Å². The number of nitrogens with two attached hydrogens (primary N) is 1. The lowest BCUT2D eigenvalue weighted by atomic mass is 10.2. The van der Waals surface area contributed by atoms with Crippen molar-refractivity contribution in [2.24, 2.45) is 5.73 Å². The van der Waals surface area contributed by atoms with Gasteiger partial charge in [-0.3, -0.25) is 9.78 Å². The average molecular weight is 292 g/mol. The van der Waals surface area contributed by atoms with E-state index in [1.54, 1.807) is 24.7 Å². The molecule has 2 heterocycles. The minimum Gasteiger partial charge on any atom is -0.370 e. The minimum atomic E-state index is -0.761.